The number of rotatable bonds is 4. The highest BCUT2D eigenvalue weighted by Crippen LogP contribution is 2.34. The number of aromatic nitrogens is 1. The minimum atomic E-state index is -0.380. The molecule has 3 aromatic rings. The van der Waals surface area contributed by atoms with Gasteiger partial charge >= 0.3 is 0 Å². The molecule has 140 valence electrons. The second-order valence-corrected chi connectivity index (χ2v) is 7.60. The summed E-state index contributed by atoms with van der Waals surface area (Å²) in [5.74, 6) is -0.380. The molecule has 2 aromatic carbocycles. The Morgan fingerprint density at radius 1 is 1.00 bits per heavy atom. The van der Waals surface area contributed by atoms with E-state index in [9.17, 15) is 4.79 Å². The van der Waals surface area contributed by atoms with Crippen LogP contribution in [0.25, 0.3) is 16.6 Å². The normalized spacial score (nSPS) is 15.3. The summed E-state index contributed by atoms with van der Waals surface area (Å²) in [5.41, 5.74) is 12.0. The molecular weight excluding hydrogens is 334 g/mol. The van der Waals surface area contributed by atoms with E-state index in [0.717, 1.165) is 36.4 Å². The molecule has 1 amide bonds. The van der Waals surface area contributed by atoms with Gasteiger partial charge in [-0.25, -0.2) is 0 Å². The fourth-order valence-corrected chi connectivity index (χ4v) is 4.44. The molecule has 0 atom stereocenters. The van der Waals surface area contributed by atoms with Gasteiger partial charge in [-0.2, -0.15) is 0 Å². The summed E-state index contributed by atoms with van der Waals surface area (Å²) < 4.78 is 2.02. The number of hydrogen-bond acceptors (Lipinski definition) is 2. The number of nitrogens with zero attached hydrogens (tertiary/aromatic N) is 2. The lowest BCUT2D eigenvalue weighted by atomic mass is 9.99. The lowest BCUT2D eigenvalue weighted by Crippen LogP contribution is -2.29. The summed E-state index contributed by atoms with van der Waals surface area (Å²) in [5, 5.41) is 1.18. The smallest absolute Gasteiger partial charge is 0.266 e. The lowest BCUT2D eigenvalue weighted by molar-refractivity contribution is 0.0993. The summed E-state index contributed by atoms with van der Waals surface area (Å²) in [7, 11) is 0. The van der Waals surface area contributed by atoms with Gasteiger partial charge in [0.1, 0.15) is 5.69 Å². The Kier molecular flexibility index (Phi) is 4.75. The van der Waals surface area contributed by atoms with E-state index < -0.39 is 0 Å². The lowest BCUT2D eigenvalue weighted by Gasteiger charge is -2.27. The zero-order chi connectivity index (χ0) is 19.0. The largest absolute Gasteiger partial charge is 0.364 e. The van der Waals surface area contributed by atoms with Gasteiger partial charge in [0.15, 0.2) is 0 Å². The highest BCUT2D eigenvalue weighted by Gasteiger charge is 2.23. The molecule has 4 rings (SSSR count). The van der Waals surface area contributed by atoms with Crippen LogP contribution in [0.5, 0.6) is 0 Å². The van der Waals surface area contributed by atoms with Crippen molar-refractivity contribution in [2.24, 2.45) is 5.73 Å². The van der Waals surface area contributed by atoms with Crippen LogP contribution in [0, 0.1) is 13.8 Å². The average Bonchev–Trinajstić information content (AvgIpc) is 2.98. The van der Waals surface area contributed by atoms with Crippen molar-refractivity contribution in [2.75, 3.05) is 13.1 Å². The van der Waals surface area contributed by atoms with Crippen LogP contribution in [0.1, 0.15) is 46.4 Å². The van der Waals surface area contributed by atoms with Crippen LogP contribution in [-0.2, 0) is 6.54 Å². The van der Waals surface area contributed by atoms with Gasteiger partial charge in [-0.05, 0) is 74.7 Å². The number of nitrogens with two attached hydrogens (primary N) is 1. The summed E-state index contributed by atoms with van der Waals surface area (Å²) in [6.07, 6.45) is 3.87. The van der Waals surface area contributed by atoms with Gasteiger partial charge in [-0.15, -0.1) is 0 Å². The van der Waals surface area contributed by atoms with E-state index in [-0.39, 0.29) is 5.91 Å². The van der Waals surface area contributed by atoms with Crippen molar-refractivity contribution in [2.45, 2.75) is 39.7 Å². The number of benzene rings is 2. The Hall–Kier alpha value is -2.59. The van der Waals surface area contributed by atoms with Crippen LogP contribution in [0.3, 0.4) is 0 Å². The number of primary amides is 1. The van der Waals surface area contributed by atoms with E-state index in [1.165, 1.54) is 35.8 Å². The SMILES string of the molecule is Cc1ccc2c(c(C)c(C(N)=O)n2-c2ccccc2)c1CN1CCCCC1. The highest BCUT2D eigenvalue weighted by molar-refractivity contribution is 6.03. The Bertz CT molecular complexity index is 982. The number of piperidine rings is 1. The number of para-hydroxylation sites is 1. The fraction of sp³-hybridized carbons (Fsp3) is 0.348. The molecule has 1 aromatic heterocycles. The first-order chi connectivity index (χ1) is 13.1. The van der Waals surface area contributed by atoms with Crippen molar-refractivity contribution in [1.29, 1.82) is 0 Å². The van der Waals surface area contributed by atoms with Crippen LogP contribution < -0.4 is 5.73 Å². The topological polar surface area (TPSA) is 51.3 Å². The number of fused-ring (bicyclic) bond motifs is 1. The molecule has 0 bridgehead atoms. The molecule has 0 unspecified atom stereocenters. The molecule has 1 saturated heterocycles. The van der Waals surface area contributed by atoms with Crippen LogP contribution in [0.2, 0.25) is 0 Å². The molecular formula is C23H27N3O. The van der Waals surface area contributed by atoms with Gasteiger partial charge < -0.3 is 10.3 Å². The molecule has 0 saturated carbocycles. The Labute approximate surface area is 160 Å². The van der Waals surface area contributed by atoms with Gasteiger partial charge in [0.25, 0.3) is 5.91 Å². The Balaban J connectivity index is 1.95. The quantitative estimate of drug-likeness (QED) is 0.752. The molecule has 4 nitrogen and oxygen atoms in total. The Morgan fingerprint density at radius 3 is 2.37 bits per heavy atom. The van der Waals surface area contributed by atoms with Crippen molar-refractivity contribution < 1.29 is 4.79 Å². The van der Waals surface area contributed by atoms with Crippen molar-refractivity contribution in [1.82, 2.24) is 9.47 Å². The van der Waals surface area contributed by atoms with E-state index >= 15 is 0 Å². The van der Waals surface area contributed by atoms with E-state index in [1.54, 1.807) is 0 Å². The molecule has 1 fully saturated rings. The summed E-state index contributed by atoms with van der Waals surface area (Å²) in [6, 6.07) is 14.3. The minimum absolute atomic E-state index is 0.380. The molecule has 1 aliphatic rings. The van der Waals surface area contributed by atoms with E-state index in [0.29, 0.717) is 5.69 Å². The maximum absolute atomic E-state index is 12.4. The van der Waals surface area contributed by atoms with Crippen molar-refractivity contribution in [3.63, 3.8) is 0 Å². The monoisotopic (exact) mass is 361 g/mol. The first-order valence-electron chi connectivity index (χ1n) is 9.79. The van der Waals surface area contributed by atoms with Crippen molar-refractivity contribution in [3.05, 3.63) is 64.8 Å². The minimum Gasteiger partial charge on any atom is -0.364 e. The Morgan fingerprint density at radius 2 is 1.70 bits per heavy atom. The molecule has 1 aliphatic heterocycles. The number of carbonyl (C=O) groups excluding carboxylic acids is 1. The van der Waals surface area contributed by atoms with Gasteiger partial charge in [-0.1, -0.05) is 30.7 Å². The fourth-order valence-electron chi connectivity index (χ4n) is 4.44. The van der Waals surface area contributed by atoms with Crippen LogP contribution >= 0.6 is 0 Å². The molecule has 2 N–H and O–H groups in total. The van der Waals surface area contributed by atoms with Crippen molar-refractivity contribution in [3.8, 4) is 5.69 Å². The van der Waals surface area contributed by atoms with E-state index in [4.69, 9.17) is 5.73 Å². The average molecular weight is 361 g/mol. The third-order valence-electron chi connectivity index (χ3n) is 5.80. The van der Waals surface area contributed by atoms with Gasteiger partial charge in [-0.3, -0.25) is 9.69 Å². The predicted molar refractivity (Wildman–Crippen MR) is 110 cm³/mol. The van der Waals surface area contributed by atoms with E-state index in [1.807, 2.05) is 41.8 Å². The summed E-state index contributed by atoms with van der Waals surface area (Å²) in [6.45, 7) is 7.43. The molecule has 27 heavy (non-hydrogen) atoms. The predicted octanol–water partition coefficient (Wildman–Crippen LogP) is 4.33. The first kappa shape index (κ1) is 17.8. The van der Waals surface area contributed by atoms with Crippen LogP contribution in [0.15, 0.2) is 42.5 Å². The molecule has 0 aliphatic carbocycles. The standard InChI is InChI=1S/C23H27N3O/c1-16-11-12-20-21(19(16)15-25-13-7-4-8-14-25)17(2)22(23(24)27)26(20)18-9-5-3-6-10-18/h3,5-6,9-12H,4,7-8,13-15H2,1-2H3,(H2,24,27). The molecule has 4 heteroatoms. The maximum atomic E-state index is 12.4. The van der Waals surface area contributed by atoms with Crippen LogP contribution in [-0.4, -0.2) is 28.5 Å². The molecule has 2 heterocycles. The number of aryl methyl sites for hydroxylation is 2. The van der Waals surface area contributed by atoms with Gasteiger partial charge in [0.2, 0.25) is 0 Å². The van der Waals surface area contributed by atoms with Crippen molar-refractivity contribution >= 4 is 16.8 Å². The van der Waals surface area contributed by atoms with E-state index in [2.05, 4.69) is 24.0 Å². The summed E-state index contributed by atoms with van der Waals surface area (Å²) >= 11 is 0. The first-order valence-corrected chi connectivity index (χ1v) is 9.79. The maximum Gasteiger partial charge on any atom is 0.266 e. The van der Waals surface area contributed by atoms with Gasteiger partial charge in [0, 0.05) is 17.6 Å². The zero-order valence-electron chi connectivity index (χ0n) is 16.2. The molecule has 0 spiro atoms. The highest BCUT2D eigenvalue weighted by atomic mass is 16.1. The summed E-state index contributed by atoms with van der Waals surface area (Å²) in [4.78, 5) is 14.9. The van der Waals surface area contributed by atoms with Crippen LogP contribution in [0.4, 0.5) is 0 Å². The third-order valence-corrected chi connectivity index (χ3v) is 5.80. The molecule has 0 radical (unpaired) electrons. The number of likely N-dealkylation sites (tertiary alicyclic amines) is 1. The number of amides is 1. The third kappa shape index (κ3) is 3.15. The number of carbonyl (C=O) groups is 1. The zero-order valence-corrected chi connectivity index (χ0v) is 16.2. The number of hydrogen-bond donors (Lipinski definition) is 1. The second-order valence-electron chi connectivity index (χ2n) is 7.60. The van der Waals surface area contributed by atoms with Gasteiger partial charge in [0.05, 0.1) is 5.52 Å². The second kappa shape index (κ2) is 7.20.